The summed E-state index contributed by atoms with van der Waals surface area (Å²) in [5, 5.41) is 14.4. The van der Waals surface area contributed by atoms with Crippen LogP contribution in [0.3, 0.4) is 0 Å². The van der Waals surface area contributed by atoms with E-state index in [9.17, 15) is 18.8 Å². The van der Waals surface area contributed by atoms with Crippen molar-refractivity contribution in [1.29, 1.82) is 0 Å². The number of benzene rings is 1. The zero-order valence-electron chi connectivity index (χ0n) is 13.3. The van der Waals surface area contributed by atoms with Gasteiger partial charge in [0.05, 0.1) is 0 Å². The first kappa shape index (κ1) is 17.9. The zero-order chi connectivity index (χ0) is 17.6. The van der Waals surface area contributed by atoms with E-state index in [1.165, 1.54) is 12.1 Å². The predicted octanol–water partition coefficient (Wildman–Crippen LogP) is 1.74. The minimum absolute atomic E-state index is 0.0504. The molecule has 1 atom stereocenters. The number of hydrogen-bond acceptors (Lipinski definition) is 3. The van der Waals surface area contributed by atoms with Gasteiger partial charge in [-0.15, -0.1) is 0 Å². The van der Waals surface area contributed by atoms with E-state index in [0.717, 1.165) is 0 Å². The predicted molar refractivity (Wildman–Crippen MR) is 84.5 cm³/mol. The van der Waals surface area contributed by atoms with Crippen molar-refractivity contribution in [3.63, 3.8) is 0 Å². The lowest BCUT2D eigenvalue weighted by Crippen LogP contribution is -2.43. The Kier molecular flexibility index (Phi) is 5.89. The molecule has 0 radical (unpaired) electrons. The summed E-state index contributed by atoms with van der Waals surface area (Å²) in [4.78, 5) is 34.3. The van der Waals surface area contributed by atoms with Gasteiger partial charge in [0.2, 0.25) is 11.8 Å². The molecule has 24 heavy (non-hydrogen) atoms. The van der Waals surface area contributed by atoms with Gasteiger partial charge in [0.25, 0.3) is 0 Å². The van der Waals surface area contributed by atoms with Crippen LogP contribution in [-0.4, -0.2) is 28.4 Å². The second kappa shape index (κ2) is 7.90. The first-order chi connectivity index (χ1) is 11.4. The number of halogens is 1. The highest BCUT2D eigenvalue weighted by molar-refractivity contribution is 5.80. The molecule has 0 unspecified atom stereocenters. The molecule has 1 aliphatic rings. The number of nitrogens with one attached hydrogen (secondary N) is 2. The molecule has 1 saturated heterocycles. The van der Waals surface area contributed by atoms with E-state index >= 15 is 0 Å². The average molecular weight is 336 g/mol. The van der Waals surface area contributed by atoms with Gasteiger partial charge in [-0.2, -0.15) is 0 Å². The van der Waals surface area contributed by atoms with Crippen molar-refractivity contribution in [3.8, 4) is 0 Å². The Hall–Kier alpha value is -2.44. The monoisotopic (exact) mass is 336 g/mol. The highest BCUT2D eigenvalue weighted by Gasteiger charge is 2.37. The molecule has 3 N–H and O–H groups in total. The second-order valence-corrected chi connectivity index (χ2v) is 6.13. The molecule has 2 rings (SSSR count). The van der Waals surface area contributed by atoms with Gasteiger partial charge in [-0.05, 0) is 37.0 Å². The molecule has 1 aromatic carbocycles. The van der Waals surface area contributed by atoms with Crippen LogP contribution in [0.15, 0.2) is 24.3 Å². The Labute approximate surface area is 139 Å². The number of hydrogen-bond donors (Lipinski definition) is 3. The van der Waals surface area contributed by atoms with E-state index in [0.29, 0.717) is 31.2 Å². The molecule has 1 aromatic rings. The highest BCUT2D eigenvalue weighted by Crippen LogP contribution is 2.30. The molecule has 7 heteroatoms. The van der Waals surface area contributed by atoms with E-state index in [-0.39, 0.29) is 37.0 Å². The van der Waals surface area contributed by atoms with Crippen LogP contribution in [0.5, 0.6) is 0 Å². The SMILES string of the molecule is O=C(O)CC[C@@]1(CCC(=O)NCc2cccc(F)c2)CCC(=O)N1. The minimum Gasteiger partial charge on any atom is -0.481 e. The maximum Gasteiger partial charge on any atom is 0.303 e. The van der Waals surface area contributed by atoms with Crippen LogP contribution in [0.1, 0.15) is 44.1 Å². The first-order valence-corrected chi connectivity index (χ1v) is 7.92. The maximum absolute atomic E-state index is 13.1. The standard InChI is InChI=1S/C17H21FN2O4/c18-13-3-1-2-12(10-13)11-19-14(21)4-7-17(9-6-16(23)24)8-5-15(22)20-17/h1-3,10H,4-9,11H2,(H,19,21)(H,20,22)(H,23,24)/t17-/m1/s1. The van der Waals surface area contributed by atoms with Crippen LogP contribution in [0.4, 0.5) is 4.39 Å². The Morgan fingerprint density at radius 2 is 2.04 bits per heavy atom. The summed E-state index contributed by atoms with van der Waals surface area (Å²) in [5.74, 6) is -1.61. The van der Waals surface area contributed by atoms with Crippen molar-refractivity contribution in [2.45, 2.75) is 50.6 Å². The fraction of sp³-hybridized carbons (Fsp3) is 0.471. The van der Waals surface area contributed by atoms with Crippen molar-refractivity contribution in [1.82, 2.24) is 10.6 Å². The number of carboxylic acids is 1. The normalized spacial score (nSPS) is 19.8. The van der Waals surface area contributed by atoms with Crippen LogP contribution >= 0.6 is 0 Å². The molecule has 0 aromatic heterocycles. The zero-order valence-corrected chi connectivity index (χ0v) is 13.3. The molecule has 0 bridgehead atoms. The van der Waals surface area contributed by atoms with Crippen molar-refractivity contribution < 1.29 is 23.9 Å². The second-order valence-electron chi connectivity index (χ2n) is 6.13. The summed E-state index contributed by atoms with van der Waals surface area (Å²) in [5.41, 5.74) is 0.0455. The quantitative estimate of drug-likeness (QED) is 0.674. The van der Waals surface area contributed by atoms with Crippen molar-refractivity contribution in [2.75, 3.05) is 0 Å². The topological polar surface area (TPSA) is 95.5 Å². The summed E-state index contributed by atoms with van der Waals surface area (Å²) in [7, 11) is 0. The summed E-state index contributed by atoms with van der Waals surface area (Å²) in [6.07, 6.45) is 1.72. The number of carboxylic acid groups (broad SMARTS) is 1. The Morgan fingerprint density at radius 1 is 1.29 bits per heavy atom. The van der Waals surface area contributed by atoms with E-state index in [1.807, 2.05) is 0 Å². The van der Waals surface area contributed by atoms with Gasteiger partial charge in [-0.1, -0.05) is 12.1 Å². The van der Waals surface area contributed by atoms with Gasteiger partial charge < -0.3 is 15.7 Å². The Balaban J connectivity index is 1.83. The summed E-state index contributed by atoms with van der Waals surface area (Å²) in [6, 6.07) is 5.98. The van der Waals surface area contributed by atoms with E-state index in [1.54, 1.807) is 12.1 Å². The van der Waals surface area contributed by atoms with E-state index in [4.69, 9.17) is 5.11 Å². The van der Waals surface area contributed by atoms with Gasteiger partial charge in [0.15, 0.2) is 0 Å². The third-order valence-corrected chi connectivity index (χ3v) is 4.26. The minimum atomic E-state index is -0.925. The lowest BCUT2D eigenvalue weighted by atomic mass is 9.86. The summed E-state index contributed by atoms with van der Waals surface area (Å²) in [6.45, 7) is 0.227. The summed E-state index contributed by atoms with van der Waals surface area (Å²) >= 11 is 0. The van der Waals surface area contributed by atoms with E-state index < -0.39 is 11.5 Å². The molecule has 6 nitrogen and oxygen atoms in total. The molecular formula is C17H21FN2O4. The lowest BCUT2D eigenvalue weighted by Gasteiger charge is -2.28. The van der Waals surface area contributed by atoms with Crippen molar-refractivity contribution in [2.24, 2.45) is 0 Å². The maximum atomic E-state index is 13.1. The highest BCUT2D eigenvalue weighted by atomic mass is 19.1. The van der Waals surface area contributed by atoms with E-state index in [2.05, 4.69) is 10.6 Å². The van der Waals surface area contributed by atoms with Crippen LogP contribution in [0.2, 0.25) is 0 Å². The van der Waals surface area contributed by atoms with Crippen LogP contribution in [-0.2, 0) is 20.9 Å². The molecular weight excluding hydrogens is 315 g/mol. The van der Waals surface area contributed by atoms with Crippen LogP contribution in [0, 0.1) is 5.82 Å². The molecule has 2 amide bonds. The molecule has 0 spiro atoms. The largest absolute Gasteiger partial charge is 0.481 e. The Morgan fingerprint density at radius 3 is 2.67 bits per heavy atom. The van der Waals surface area contributed by atoms with Gasteiger partial charge in [0, 0.05) is 31.3 Å². The molecule has 0 saturated carbocycles. The Bertz CT molecular complexity index is 635. The third kappa shape index (κ3) is 5.33. The molecule has 0 aliphatic carbocycles. The van der Waals surface area contributed by atoms with Crippen LogP contribution < -0.4 is 10.6 Å². The molecule has 1 heterocycles. The molecule has 1 aliphatic heterocycles. The molecule has 130 valence electrons. The van der Waals surface area contributed by atoms with Gasteiger partial charge >= 0.3 is 5.97 Å². The smallest absolute Gasteiger partial charge is 0.303 e. The first-order valence-electron chi connectivity index (χ1n) is 7.92. The van der Waals surface area contributed by atoms with Gasteiger partial charge in [0.1, 0.15) is 5.82 Å². The molecule has 1 fully saturated rings. The fourth-order valence-corrected chi connectivity index (χ4v) is 2.91. The number of aliphatic carboxylic acids is 1. The van der Waals surface area contributed by atoms with Crippen molar-refractivity contribution in [3.05, 3.63) is 35.6 Å². The lowest BCUT2D eigenvalue weighted by molar-refractivity contribution is -0.137. The number of carbonyl (C=O) groups excluding carboxylic acids is 2. The van der Waals surface area contributed by atoms with Crippen LogP contribution in [0.25, 0.3) is 0 Å². The number of carbonyl (C=O) groups is 3. The fourth-order valence-electron chi connectivity index (χ4n) is 2.91. The third-order valence-electron chi connectivity index (χ3n) is 4.26. The average Bonchev–Trinajstić information content (AvgIpc) is 2.91. The number of amides is 2. The number of rotatable bonds is 8. The van der Waals surface area contributed by atoms with Crippen molar-refractivity contribution >= 4 is 17.8 Å². The van der Waals surface area contributed by atoms with Gasteiger partial charge in [-0.25, -0.2) is 4.39 Å². The van der Waals surface area contributed by atoms with Gasteiger partial charge in [-0.3, -0.25) is 14.4 Å². The summed E-state index contributed by atoms with van der Waals surface area (Å²) < 4.78 is 13.1.